The molecule has 0 saturated heterocycles. The Morgan fingerprint density at radius 1 is 0.704 bits per heavy atom. The highest BCUT2D eigenvalue weighted by molar-refractivity contribution is 5.81. The Labute approximate surface area is 159 Å². The zero-order chi connectivity index (χ0) is 20.5. The highest BCUT2D eigenvalue weighted by Crippen LogP contribution is 2.24. The third kappa shape index (κ3) is 11.7. The summed E-state index contributed by atoms with van der Waals surface area (Å²) in [6.45, 7) is 12.9. The molecule has 0 unspecified atom stereocenters. The molecule has 0 aliphatic heterocycles. The summed E-state index contributed by atoms with van der Waals surface area (Å²) >= 11 is 0. The lowest BCUT2D eigenvalue weighted by atomic mass is 9.88. The number of esters is 3. The fourth-order valence-electron chi connectivity index (χ4n) is 1.81. The second kappa shape index (κ2) is 14.7. The van der Waals surface area contributed by atoms with Crippen molar-refractivity contribution < 1.29 is 38.1 Å². The van der Waals surface area contributed by atoms with Crippen molar-refractivity contribution in [3.63, 3.8) is 0 Å². The van der Waals surface area contributed by atoms with E-state index in [1.54, 1.807) is 0 Å². The predicted molar refractivity (Wildman–Crippen MR) is 97.8 cm³/mol. The van der Waals surface area contributed by atoms with Crippen LogP contribution in [0.3, 0.4) is 0 Å². The number of rotatable bonds is 16. The first-order valence-electron chi connectivity index (χ1n) is 8.46. The number of hydrogen-bond acceptors (Lipinski definition) is 8. The summed E-state index contributed by atoms with van der Waals surface area (Å²) in [5.74, 6) is -1.61. The van der Waals surface area contributed by atoms with Gasteiger partial charge in [0.25, 0.3) is 0 Å². The second-order valence-corrected chi connectivity index (χ2v) is 5.51. The van der Waals surface area contributed by atoms with Gasteiger partial charge in [-0.05, 0) is 6.42 Å². The number of carbonyl (C=O) groups is 3. The van der Waals surface area contributed by atoms with Gasteiger partial charge in [-0.3, -0.25) is 0 Å². The van der Waals surface area contributed by atoms with E-state index >= 15 is 0 Å². The van der Waals surface area contributed by atoms with Crippen molar-refractivity contribution in [2.45, 2.75) is 13.3 Å². The van der Waals surface area contributed by atoms with Crippen LogP contribution in [0, 0.1) is 5.41 Å². The van der Waals surface area contributed by atoms with Gasteiger partial charge in [-0.2, -0.15) is 0 Å². The molecular weight excluding hydrogens is 356 g/mol. The van der Waals surface area contributed by atoms with E-state index < -0.39 is 23.3 Å². The Morgan fingerprint density at radius 3 is 1.48 bits per heavy atom. The fourth-order valence-corrected chi connectivity index (χ4v) is 1.81. The van der Waals surface area contributed by atoms with Crippen LogP contribution in [-0.2, 0) is 38.1 Å². The molecule has 0 amide bonds. The maximum Gasteiger partial charge on any atom is 0.330 e. The van der Waals surface area contributed by atoms with Gasteiger partial charge in [0, 0.05) is 18.2 Å². The molecule has 0 heterocycles. The summed E-state index contributed by atoms with van der Waals surface area (Å²) in [6.07, 6.45) is 3.80. The normalized spacial score (nSPS) is 10.6. The maximum absolute atomic E-state index is 11.4. The number of ether oxygens (including phenoxy) is 5. The molecule has 0 aliphatic rings. The highest BCUT2D eigenvalue weighted by Gasteiger charge is 2.31. The van der Waals surface area contributed by atoms with Crippen LogP contribution in [0.1, 0.15) is 13.3 Å². The van der Waals surface area contributed by atoms with Crippen LogP contribution in [0.15, 0.2) is 38.0 Å². The monoisotopic (exact) mass is 384 g/mol. The van der Waals surface area contributed by atoms with E-state index in [-0.39, 0.29) is 46.2 Å². The second-order valence-electron chi connectivity index (χ2n) is 5.51. The zero-order valence-corrected chi connectivity index (χ0v) is 15.8. The molecule has 152 valence electrons. The summed E-state index contributed by atoms with van der Waals surface area (Å²) in [6, 6.07) is 0. The summed E-state index contributed by atoms with van der Waals surface area (Å²) in [7, 11) is 0. The van der Waals surface area contributed by atoms with Crippen molar-refractivity contribution in [1.29, 1.82) is 0 Å². The molecule has 0 bridgehead atoms. The van der Waals surface area contributed by atoms with Gasteiger partial charge in [0.1, 0.15) is 19.8 Å². The molecule has 8 heteroatoms. The van der Waals surface area contributed by atoms with Gasteiger partial charge in [0.05, 0.1) is 31.8 Å². The molecular formula is C19H28O8. The molecule has 0 fully saturated rings. The molecule has 0 spiro atoms. The van der Waals surface area contributed by atoms with Crippen LogP contribution < -0.4 is 0 Å². The van der Waals surface area contributed by atoms with E-state index in [0.717, 1.165) is 18.2 Å². The Hall–Kier alpha value is -2.45. The first-order valence-corrected chi connectivity index (χ1v) is 8.46. The lowest BCUT2D eigenvalue weighted by Crippen LogP contribution is -2.38. The van der Waals surface area contributed by atoms with Crippen LogP contribution in [0.25, 0.3) is 0 Å². The van der Waals surface area contributed by atoms with Gasteiger partial charge in [-0.1, -0.05) is 26.7 Å². The first-order chi connectivity index (χ1) is 12.9. The summed E-state index contributed by atoms with van der Waals surface area (Å²) in [5.41, 5.74) is -0.608. The third-order valence-electron chi connectivity index (χ3n) is 3.53. The Balaban J connectivity index is 4.52. The lowest BCUT2D eigenvalue weighted by Gasteiger charge is -2.31. The molecule has 0 aromatic carbocycles. The Morgan fingerprint density at radius 2 is 1.11 bits per heavy atom. The molecule has 0 aliphatic carbocycles. The quantitative estimate of drug-likeness (QED) is 0.171. The Kier molecular flexibility index (Phi) is 13.4. The predicted octanol–water partition coefficient (Wildman–Crippen LogP) is 1.60. The van der Waals surface area contributed by atoms with Gasteiger partial charge >= 0.3 is 17.9 Å². The standard InChI is InChI=1S/C19H28O8/c1-5-16(20)25-11-9-23-13-19(8-4,15-27-18(22)7-3)14-24-10-12-26-17(21)6-2/h5-7H,1-3,8-15H2,4H3. The largest absolute Gasteiger partial charge is 0.462 e. The first kappa shape index (κ1) is 24.6. The van der Waals surface area contributed by atoms with E-state index in [9.17, 15) is 14.4 Å². The molecule has 0 aromatic rings. The van der Waals surface area contributed by atoms with Crippen molar-refractivity contribution in [2.24, 2.45) is 5.41 Å². The van der Waals surface area contributed by atoms with Gasteiger partial charge in [-0.15, -0.1) is 0 Å². The minimum absolute atomic E-state index is 0.0627. The molecule has 0 rings (SSSR count). The van der Waals surface area contributed by atoms with Gasteiger partial charge < -0.3 is 23.7 Å². The van der Waals surface area contributed by atoms with Gasteiger partial charge in [0.2, 0.25) is 0 Å². The van der Waals surface area contributed by atoms with Crippen LogP contribution in [0.4, 0.5) is 0 Å². The third-order valence-corrected chi connectivity index (χ3v) is 3.53. The SMILES string of the molecule is C=CC(=O)OCCOCC(CC)(COCCOC(=O)C=C)COC(=O)C=C. The summed E-state index contributed by atoms with van der Waals surface area (Å²) < 4.78 is 25.9. The number of carbonyl (C=O) groups excluding carboxylic acids is 3. The lowest BCUT2D eigenvalue weighted by molar-refractivity contribution is -0.149. The summed E-state index contributed by atoms with van der Waals surface area (Å²) in [5, 5.41) is 0. The minimum atomic E-state index is -0.608. The molecule has 0 N–H and O–H groups in total. The van der Waals surface area contributed by atoms with E-state index in [2.05, 4.69) is 19.7 Å². The Bertz CT molecular complexity index is 482. The zero-order valence-electron chi connectivity index (χ0n) is 15.8. The average molecular weight is 384 g/mol. The minimum Gasteiger partial charge on any atom is -0.462 e. The molecule has 0 saturated carbocycles. The highest BCUT2D eigenvalue weighted by atomic mass is 16.6. The smallest absolute Gasteiger partial charge is 0.330 e. The van der Waals surface area contributed by atoms with Crippen LogP contribution in [-0.4, -0.2) is 64.2 Å². The van der Waals surface area contributed by atoms with E-state index in [1.165, 1.54) is 0 Å². The van der Waals surface area contributed by atoms with Gasteiger partial charge in [0.15, 0.2) is 0 Å². The van der Waals surface area contributed by atoms with Gasteiger partial charge in [-0.25, -0.2) is 14.4 Å². The molecule has 0 aromatic heterocycles. The van der Waals surface area contributed by atoms with Crippen molar-refractivity contribution in [3.8, 4) is 0 Å². The fraction of sp³-hybridized carbons (Fsp3) is 0.526. The molecule has 27 heavy (non-hydrogen) atoms. The number of hydrogen-bond donors (Lipinski definition) is 0. The molecule has 8 nitrogen and oxygen atoms in total. The van der Waals surface area contributed by atoms with E-state index in [4.69, 9.17) is 23.7 Å². The van der Waals surface area contributed by atoms with Crippen LogP contribution in [0.2, 0.25) is 0 Å². The van der Waals surface area contributed by atoms with E-state index in [1.807, 2.05) is 6.92 Å². The topological polar surface area (TPSA) is 97.4 Å². The van der Waals surface area contributed by atoms with Crippen molar-refractivity contribution in [3.05, 3.63) is 38.0 Å². The van der Waals surface area contributed by atoms with Crippen molar-refractivity contribution >= 4 is 17.9 Å². The molecule has 0 radical (unpaired) electrons. The average Bonchev–Trinajstić information content (AvgIpc) is 2.69. The van der Waals surface area contributed by atoms with Crippen molar-refractivity contribution in [1.82, 2.24) is 0 Å². The molecule has 0 atom stereocenters. The van der Waals surface area contributed by atoms with Crippen LogP contribution in [0.5, 0.6) is 0 Å². The van der Waals surface area contributed by atoms with Crippen LogP contribution >= 0.6 is 0 Å². The van der Waals surface area contributed by atoms with Crippen molar-refractivity contribution in [2.75, 3.05) is 46.2 Å². The van der Waals surface area contributed by atoms with E-state index in [0.29, 0.717) is 6.42 Å². The maximum atomic E-state index is 11.4. The summed E-state index contributed by atoms with van der Waals surface area (Å²) in [4.78, 5) is 33.4.